The van der Waals surface area contributed by atoms with Gasteiger partial charge in [0.1, 0.15) is 5.82 Å². The first kappa shape index (κ1) is 13.1. The minimum atomic E-state index is 0.131. The third kappa shape index (κ3) is 2.70. The van der Waals surface area contributed by atoms with Crippen molar-refractivity contribution in [2.45, 2.75) is 13.0 Å². The molecule has 3 rings (SSSR count). The minimum Gasteiger partial charge on any atom is -0.363 e. The summed E-state index contributed by atoms with van der Waals surface area (Å²) >= 11 is 0. The average Bonchev–Trinajstić information content (AvgIpc) is 2.55. The van der Waals surface area contributed by atoms with Crippen LogP contribution < -0.4 is 5.32 Å². The fourth-order valence-corrected chi connectivity index (χ4v) is 2.39. The monoisotopic (exact) mass is 273 g/mol. The largest absolute Gasteiger partial charge is 0.363 e. The Hall–Kier alpha value is -2.86. The number of nitrogens with zero attached hydrogens (tertiary/aromatic N) is 2. The van der Waals surface area contributed by atoms with E-state index in [9.17, 15) is 5.26 Å². The topological polar surface area (TPSA) is 48.7 Å². The maximum atomic E-state index is 9.31. The first-order valence-corrected chi connectivity index (χ1v) is 6.89. The van der Waals surface area contributed by atoms with Crippen LogP contribution >= 0.6 is 0 Å². The van der Waals surface area contributed by atoms with Gasteiger partial charge in [-0.15, -0.1) is 0 Å². The molecule has 0 aliphatic rings. The maximum absolute atomic E-state index is 9.31. The summed E-state index contributed by atoms with van der Waals surface area (Å²) in [5.74, 6) is 0.724. The van der Waals surface area contributed by atoms with E-state index in [1.165, 1.54) is 5.56 Å². The number of nitrogens with one attached hydrogen (secondary N) is 1. The summed E-state index contributed by atoms with van der Waals surface area (Å²) in [6.07, 6.45) is 0. The van der Waals surface area contributed by atoms with Crippen molar-refractivity contribution in [1.29, 1.82) is 5.26 Å². The van der Waals surface area contributed by atoms with Crippen LogP contribution in [-0.4, -0.2) is 4.98 Å². The lowest BCUT2D eigenvalue weighted by Gasteiger charge is -2.15. The molecule has 1 N–H and O–H groups in total. The van der Waals surface area contributed by atoms with Gasteiger partial charge < -0.3 is 5.32 Å². The lowest BCUT2D eigenvalue weighted by Crippen LogP contribution is -2.08. The van der Waals surface area contributed by atoms with Gasteiger partial charge in [-0.1, -0.05) is 48.5 Å². The lowest BCUT2D eigenvalue weighted by atomic mass is 10.1. The van der Waals surface area contributed by atoms with Gasteiger partial charge in [0.2, 0.25) is 0 Å². The van der Waals surface area contributed by atoms with E-state index < -0.39 is 0 Å². The molecule has 0 aliphatic carbocycles. The van der Waals surface area contributed by atoms with Gasteiger partial charge in [0.05, 0.1) is 17.1 Å². The molecule has 3 aromatic rings. The molecule has 1 aromatic heterocycles. The second-order valence-electron chi connectivity index (χ2n) is 4.96. The maximum Gasteiger partial charge on any atom is 0.128 e. The van der Waals surface area contributed by atoms with Crippen molar-refractivity contribution < 1.29 is 0 Å². The molecule has 3 nitrogen and oxygen atoms in total. The van der Waals surface area contributed by atoms with E-state index in [-0.39, 0.29) is 6.04 Å². The Bertz CT molecular complexity index is 804. The van der Waals surface area contributed by atoms with E-state index in [2.05, 4.69) is 35.4 Å². The van der Waals surface area contributed by atoms with E-state index >= 15 is 0 Å². The van der Waals surface area contributed by atoms with Crippen molar-refractivity contribution in [3.05, 3.63) is 71.8 Å². The Labute approximate surface area is 123 Å². The number of nitriles is 1. The molecule has 0 saturated heterocycles. The van der Waals surface area contributed by atoms with Crippen LogP contribution in [0.5, 0.6) is 0 Å². The Morgan fingerprint density at radius 3 is 2.52 bits per heavy atom. The Morgan fingerprint density at radius 2 is 1.76 bits per heavy atom. The molecular formula is C18H15N3. The zero-order chi connectivity index (χ0) is 14.7. The van der Waals surface area contributed by atoms with Gasteiger partial charge in [0.25, 0.3) is 0 Å². The summed E-state index contributed by atoms with van der Waals surface area (Å²) in [5.41, 5.74) is 2.66. The predicted molar refractivity (Wildman–Crippen MR) is 84.9 cm³/mol. The molecule has 0 spiro atoms. The lowest BCUT2D eigenvalue weighted by molar-refractivity contribution is 0.876. The number of fused-ring (bicyclic) bond motifs is 1. The van der Waals surface area contributed by atoms with Crippen LogP contribution in [0.25, 0.3) is 10.9 Å². The Balaban J connectivity index is 1.96. The van der Waals surface area contributed by atoms with Crippen molar-refractivity contribution >= 4 is 16.7 Å². The summed E-state index contributed by atoms with van der Waals surface area (Å²) in [6.45, 7) is 2.08. The summed E-state index contributed by atoms with van der Waals surface area (Å²) in [7, 11) is 0. The number of hydrogen-bond donors (Lipinski definition) is 1. The van der Waals surface area contributed by atoms with Crippen LogP contribution in [0.2, 0.25) is 0 Å². The van der Waals surface area contributed by atoms with Crippen molar-refractivity contribution in [3.8, 4) is 6.07 Å². The zero-order valence-corrected chi connectivity index (χ0v) is 11.7. The molecule has 0 aliphatic heterocycles. The number of aromatic nitrogens is 1. The normalized spacial score (nSPS) is 11.8. The van der Waals surface area contributed by atoms with E-state index in [1.54, 1.807) is 0 Å². The molecule has 2 aromatic carbocycles. The Kier molecular flexibility index (Phi) is 3.53. The standard InChI is InChI=1S/C18H15N3/c1-13(14-7-3-2-4-8-14)20-18-11-15(12-19)16-9-5-6-10-17(16)21-18/h2-11,13H,1H3,(H,20,21). The molecule has 0 amide bonds. The van der Waals surface area contributed by atoms with E-state index in [4.69, 9.17) is 0 Å². The van der Waals surface area contributed by atoms with Crippen molar-refractivity contribution in [2.75, 3.05) is 5.32 Å². The molecule has 0 radical (unpaired) electrons. The van der Waals surface area contributed by atoms with Gasteiger partial charge >= 0.3 is 0 Å². The van der Waals surface area contributed by atoms with E-state index in [0.717, 1.165) is 16.7 Å². The van der Waals surface area contributed by atoms with Gasteiger partial charge in [-0.05, 0) is 24.6 Å². The van der Waals surface area contributed by atoms with E-state index in [0.29, 0.717) is 5.56 Å². The highest BCUT2D eigenvalue weighted by molar-refractivity contribution is 5.86. The number of benzene rings is 2. The summed E-state index contributed by atoms with van der Waals surface area (Å²) < 4.78 is 0. The average molecular weight is 273 g/mol. The van der Waals surface area contributed by atoms with Crippen LogP contribution in [0.15, 0.2) is 60.7 Å². The molecular weight excluding hydrogens is 258 g/mol. The van der Waals surface area contributed by atoms with Crippen LogP contribution in [0, 0.1) is 11.3 Å². The van der Waals surface area contributed by atoms with Gasteiger partial charge in [-0.25, -0.2) is 4.98 Å². The molecule has 1 atom stereocenters. The Morgan fingerprint density at radius 1 is 1.05 bits per heavy atom. The van der Waals surface area contributed by atoms with Crippen LogP contribution in [0.3, 0.4) is 0 Å². The second kappa shape index (κ2) is 5.64. The number of anilines is 1. The second-order valence-corrected chi connectivity index (χ2v) is 4.96. The quantitative estimate of drug-likeness (QED) is 0.774. The minimum absolute atomic E-state index is 0.131. The fraction of sp³-hybridized carbons (Fsp3) is 0.111. The van der Waals surface area contributed by atoms with Crippen LogP contribution in [0.1, 0.15) is 24.1 Å². The van der Waals surface area contributed by atoms with Crippen LogP contribution in [-0.2, 0) is 0 Å². The molecule has 0 bridgehead atoms. The highest BCUT2D eigenvalue weighted by Gasteiger charge is 2.09. The molecule has 0 saturated carbocycles. The van der Waals surface area contributed by atoms with E-state index in [1.807, 2.05) is 48.5 Å². The number of para-hydroxylation sites is 1. The molecule has 21 heavy (non-hydrogen) atoms. The van der Waals surface area contributed by atoms with Gasteiger partial charge in [-0.2, -0.15) is 5.26 Å². The number of pyridine rings is 1. The fourth-order valence-electron chi connectivity index (χ4n) is 2.39. The SMILES string of the molecule is CC(Nc1cc(C#N)c2ccccc2n1)c1ccccc1. The predicted octanol–water partition coefficient (Wildman–Crippen LogP) is 4.28. The molecule has 0 fully saturated rings. The smallest absolute Gasteiger partial charge is 0.128 e. The van der Waals surface area contributed by atoms with Gasteiger partial charge in [-0.3, -0.25) is 0 Å². The summed E-state index contributed by atoms with van der Waals surface area (Å²) in [4.78, 5) is 4.59. The molecule has 1 unspecified atom stereocenters. The number of rotatable bonds is 3. The highest BCUT2D eigenvalue weighted by atomic mass is 15.0. The third-order valence-electron chi connectivity index (χ3n) is 3.50. The molecule has 1 heterocycles. The van der Waals surface area contributed by atoms with Crippen molar-refractivity contribution in [2.24, 2.45) is 0 Å². The van der Waals surface area contributed by atoms with Crippen molar-refractivity contribution in [1.82, 2.24) is 4.98 Å². The number of hydrogen-bond acceptors (Lipinski definition) is 3. The third-order valence-corrected chi connectivity index (χ3v) is 3.50. The highest BCUT2D eigenvalue weighted by Crippen LogP contribution is 2.23. The first-order valence-electron chi connectivity index (χ1n) is 6.89. The summed E-state index contributed by atoms with van der Waals surface area (Å²) in [5, 5.41) is 13.6. The van der Waals surface area contributed by atoms with Gasteiger partial charge in [0, 0.05) is 11.4 Å². The molecule has 102 valence electrons. The van der Waals surface area contributed by atoms with Gasteiger partial charge in [0.15, 0.2) is 0 Å². The summed E-state index contributed by atoms with van der Waals surface area (Å²) in [6, 6.07) is 22.1. The molecule has 3 heteroatoms. The van der Waals surface area contributed by atoms with Crippen molar-refractivity contribution in [3.63, 3.8) is 0 Å². The van der Waals surface area contributed by atoms with Crippen LogP contribution in [0.4, 0.5) is 5.82 Å². The first-order chi connectivity index (χ1) is 10.3. The zero-order valence-electron chi connectivity index (χ0n) is 11.7.